The van der Waals surface area contributed by atoms with Gasteiger partial charge in [-0.2, -0.15) is 14.8 Å². The summed E-state index contributed by atoms with van der Waals surface area (Å²) in [5.41, 5.74) is 5.94. The van der Waals surface area contributed by atoms with Gasteiger partial charge in [0.25, 0.3) is 5.91 Å². The highest BCUT2D eigenvalue weighted by molar-refractivity contribution is 5.98. The van der Waals surface area contributed by atoms with Crippen molar-refractivity contribution in [1.82, 2.24) is 14.8 Å². The van der Waals surface area contributed by atoms with E-state index in [9.17, 15) is 14.4 Å². The lowest BCUT2D eigenvalue weighted by atomic mass is 9.93. The topological polar surface area (TPSA) is 119 Å². The van der Waals surface area contributed by atoms with Crippen LogP contribution in [-0.4, -0.2) is 33.4 Å². The molecule has 25 heavy (non-hydrogen) atoms. The third kappa shape index (κ3) is 3.59. The zero-order chi connectivity index (χ0) is 18.0. The van der Waals surface area contributed by atoms with E-state index in [1.54, 1.807) is 0 Å². The summed E-state index contributed by atoms with van der Waals surface area (Å²) >= 11 is 0. The molecule has 0 unspecified atom stereocenters. The second-order valence-electron chi connectivity index (χ2n) is 5.91. The molecule has 3 heterocycles. The van der Waals surface area contributed by atoms with Crippen molar-refractivity contribution < 1.29 is 13.9 Å². The van der Waals surface area contributed by atoms with Crippen molar-refractivity contribution in [2.45, 2.75) is 25.5 Å². The molecule has 9 heteroatoms. The van der Waals surface area contributed by atoms with Crippen molar-refractivity contribution in [2.24, 2.45) is 11.7 Å². The van der Waals surface area contributed by atoms with Gasteiger partial charge >= 0.3 is 0 Å². The molecule has 3 rings (SSSR count). The second kappa shape index (κ2) is 6.86. The molecule has 130 valence electrons. The summed E-state index contributed by atoms with van der Waals surface area (Å²) in [5.74, 6) is -1.45. The summed E-state index contributed by atoms with van der Waals surface area (Å²) in [6.07, 6.45) is 3.34. The molecule has 8 nitrogen and oxygen atoms in total. The number of halogens is 1. The lowest BCUT2D eigenvalue weighted by molar-refractivity contribution is -0.0215. The van der Waals surface area contributed by atoms with Crippen LogP contribution in [-0.2, 0) is 4.74 Å². The van der Waals surface area contributed by atoms with Crippen LogP contribution in [0.4, 0.5) is 15.9 Å². The lowest BCUT2D eigenvalue weighted by Gasteiger charge is -2.31. The van der Waals surface area contributed by atoms with Crippen LogP contribution >= 0.6 is 0 Å². The van der Waals surface area contributed by atoms with Gasteiger partial charge < -0.3 is 15.8 Å². The highest BCUT2D eigenvalue weighted by atomic mass is 19.1. The average molecular weight is 344 g/mol. The van der Waals surface area contributed by atoms with Crippen LogP contribution in [0.2, 0.25) is 0 Å². The van der Waals surface area contributed by atoms with Crippen LogP contribution in [0, 0.1) is 23.2 Å². The third-order valence-corrected chi connectivity index (χ3v) is 4.09. The number of rotatable bonds is 4. The van der Waals surface area contributed by atoms with Crippen LogP contribution < -0.4 is 11.1 Å². The van der Waals surface area contributed by atoms with Gasteiger partial charge in [0.05, 0.1) is 30.7 Å². The SMILES string of the molecule is C[C@@H]1C[C@H](C#N)[C@@H](n2cc(C(N)=O)c(Nc3ccnc(F)c3)n2)CO1. The van der Waals surface area contributed by atoms with Crippen molar-refractivity contribution in [2.75, 3.05) is 11.9 Å². The van der Waals surface area contributed by atoms with Crippen LogP contribution in [0.3, 0.4) is 0 Å². The van der Waals surface area contributed by atoms with E-state index in [0.29, 0.717) is 18.7 Å². The van der Waals surface area contributed by atoms with E-state index >= 15 is 0 Å². The van der Waals surface area contributed by atoms with Gasteiger partial charge in [0.2, 0.25) is 5.95 Å². The summed E-state index contributed by atoms with van der Waals surface area (Å²) < 4.78 is 20.4. The smallest absolute Gasteiger partial charge is 0.254 e. The van der Waals surface area contributed by atoms with Gasteiger partial charge in [-0.3, -0.25) is 9.48 Å². The summed E-state index contributed by atoms with van der Waals surface area (Å²) in [6.45, 7) is 2.21. The quantitative estimate of drug-likeness (QED) is 0.816. The van der Waals surface area contributed by atoms with Gasteiger partial charge in [0, 0.05) is 24.1 Å². The molecule has 0 aromatic carbocycles. The maximum Gasteiger partial charge on any atom is 0.254 e. The number of anilines is 2. The Morgan fingerprint density at radius 1 is 1.60 bits per heavy atom. The highest BCUT2D eigenvalue weighted by Crippen LogP contribution is 2.30. The molecular formula is C16H17FN6O2. The Labute approximate surface area is 143 Å². The predicted octanol–water partition coefficient (Wildman–Crippen LogP) is 1.75. The second-order valence-corrected chi connectivity index (χ2v) is 5.91. The molecule has 1 aliphatic rings. The van der Waals surface area contributed by atoms with E-state index < -0.39 is 11.9 Å². The third-order valence-electron chi connectivity index (χ3n) is 4.09. The minimum Gasteiger partial charge on any atom is -0.376 e. The number of amides is 1. The number of aromatic nitrogens is 3. The Hall–Kier alpha value is -2.99. The number of carbonyl (C=O) groups excluding carboxylic acids is 1. The number of nitrogens with one attached hydrogen (secondary N) is 1. The molecule has 0 aliphatic carbocycles. The normalized spacial score (nSPS) is 23.0. The number of hydrogen-bond acceptors (Lipinski definition) is 6. The molecule has 0 saturated carbocycles. The molecule has 1 amide bonds. The highest BCUT2D eigenvalue weighted by Gasteiger charge is 2.32. The number of primary amides is 1. The Morgan fingerprint density at radius 3 is 3.08 bits per heavy atom. The standard InChI is InChI=1S/C16H17FN6O2/c1-9-4-10(6-18)13(8-25-9)23-7-12(15(19)24)16(22-23)21-11-2-3-20-14(17)5-11/h2-3,5,7,9-10,13H,4,8H2,1H3,(H2,19,24)(H,20,21,22)/t9-,10-,13+/m1/s1. The molecule has 0 spiro atoms. The molecule has 3 N–H and O–H groups in total. The van der Waals surface area contributed by atoms with E-state index in [2.05, 4.69) is 21.5 Å². The zero-order valence-corrected chi connectivity index (χ0v) is 13.5. The Bertz CT molecular complexity index is 830. The number of nitrogens with zero attached hydrogens (tertiary/aromatic N) is 4. The van der Waals surface area contributed by atoms with E-state index in [0.717, 1.165) is 0 Å². The maximum absolute atomic E-state index is 13.2. The fraction of sp³-hybridized carbons (Fsp3) is 0.375. The fourth-order valence-electron chi connectivity index (χ4n) is 2.81. The van der Waals surface area contributed by atoms with Gasteiger partial charge in [-0.05, 0) is 19.4 Å². The van der Waals surface area contributed by atoms with Crippen molar-refractivity contribution in [3.05, 3.63) is 36.0 Å². The van der Waals surface area contributed by atoms with Crippen molar-refractivity contribution in [3.63, 3.8) is 0 Å². The fourth-order valence-corrected chi connectivity index (χ4v) is 2.81. The molecule has 0 bridgehead atoms. The summed E-state index contributed by atoms with van der Waals surface area (Å²) in [6, 6.07) is 4.65. The van der Waals surface area contributed by atoms with Gasteiger partial charge in [-0.1, -0.05) is 0 Å². The van der Waals surface area contributed by atoms with Crippen LogP contribution in [0.5, 0.6) is 0 Å². The largest absolute Gasteiger partial charge is 0.376 e. The predicted molar refractivity (Wildman–Crippen MR) is 86.4 cm³/mol. The first-order valence-electron chi connectivity index (χ1n) is 7.76. The van der Waals surface area contributed by atoms with Gasteiger partial charge in [-0.25, -0.2) is 4.98 Å². The van der Waals surface area contributed by atoms with Crippen LogP contribution in [0.1, 0.15) is 29.7 Å². The Morgan fingerprint density at radius 2 is 2.40 bits per heavy atom. The van der Waals surface area contributed by atoms with Crippen molar-refractivity contribution in [3.8, 4) is 6.07 Å². The van der Waals surface area contributed by atoms with Crippen LogP contribution in [0.25, 0.3) is 0 Å². The first-order valence-corrected chi connectivity index (χ1v) is 7.76. The number of nitriles is 1. The molecule has 1 saturated heterocycles. The summed E-state index contributed by atoms with van der Waals surface area (Å²) in [7, 11) is 0. The van der Waals surface area contributed by atoms with Crippen molar-refractivity contribution >= 4 is 17.4 Å². The van der Waals surface area contributed by atoms with E-state index in [1.165, 1.54) is 29.2 Å². The van der Waals surface area contributed by atoms with Crippen molar-refractivity contribution in [1.29, 1.82) is 5.26 Å². The van der Waals surface area contributed by atoms with E-state index in [-0.39, 0.29) is 29.4 Å². The van der Waals surface area contributed by atoms with Gasteiger partial charge in [-0.15, -0.1) is 0 Å². The first kappa shape index (κ1) is 16.9. The summed E-state index contributed by atoms with van der Waals surface area (Å²) in [4.78, 5) is 15.2. The molecule has 2 aromatic rings. The molecule has 1 aliphatic heterocycles. The summed E-state index contributed by atoms with van der Waals surface area (Å²) in [5, 5.41) is 16.6. The number of nitrogens with two attached hydrogens (primary N) is 1. The minimum atomic E-state index is -0.679. The average Bonchev–Trinajstić information content (AvgIpc) is 2.98. The van der Waals surface area contributed by atoms with Gasteiger partial charge in [0.15, 0.2) is 5.82 Å². The Kier molecular flexibility index (Phi) is 4.63. The number of carbonyl (C=O) groups is 1. The molecule has 1 fully saturated rings. The minimum absolute atomic E-state index is 0.00976. The van der Waals surface area contributed by atoms with Gasteiger partial charge in [0.1, 0.15) is 5.56 Å². The molecule has 0 radical (unpaired) electrons. The molecule has 3 atom stereocenters. The molecular weight excluding hydrogens is 327 g/mol. The monoisotopic (exact) mass is 344 g/mol. The number of ether oxygens (including phenoxy) is 1. The maximum atomic E-state index is 13.2. The molecule has 2 aromatic heterocycles. The first-order chi connectivity index (χ1) is 12.0. The Balaban J connectivity index is 1.92. The number of pyridine rings is 1. The van der Waals surface area contributed by atoms with E-state index in [4.69, 9.17) is 10.5 Å². The zero-order valence-electron chi connectivity index (χ0n) is 13.5. The number of hydrogen-bond donors (Lipinski definition) is 2. The van der Waals surface area contributed by atoms with E-state index in [1.807, 2.05) is 6.92 Å². The van der Waals surface area contributed by atoms with Crippen LogP contribution in [0.15, 0.2) is 24.5 Å². The lowest BCUT2D eigenvalue weighted by Crippen LogP contribution is -2.33.